The zero-order valence-corrected chi connectivity index (χ0v) is 10.6. The van der Waals surface area contributed by atoms with Gasteiger partial charge in [0, 0.05) is 31.5 Å². The smallest absolute Gasteiger partial charge is 0.158 e. The number of ketones is 1. The van der Waals surface area contributed by atoms with Crippen molar-refractivity contribution in [2.45, 2.75) is 47.3 Å². The topological polar surface area (TPSA) is 35.5 Å². The van der Waals surface area contributed by atoms with E-state index in [1.165, 1.54) is 0 Å². The van der Waals surface area contributed by atoms with Gasteiger partial charge in [-0.3, -0.25) is 4.79 Å². The average Bonchev–Trinajstić information content (AvgIpc) is 2.17. The van der Waals surface area contributed by atoms with Crippen molar-refractivity contribution < 1.29 is 14.3 Å². The Bertz CT molecular complexity index is 172. The van der Waals surface area contributed by atoms with Crippen molar-refractivity contribution in [1.29, 1.82) is 0 Å². The molecule has 0 aliphatic rings. The minimum Gasteiger partial charge on any atom is -0.353 e. The summed E-state index contributed by atoms with van der Waals surface area (Å²) >= 11 is 0. The largest absolute Gasteiger partial charge is 0.353 e. The van der Waals surface area contributed by atoms with Gasteiger partial charge in [0.1, 0.15) is 5.78 Å². The molecule has 3 heteroatoms. The zero-order chi connectivity index (χ0) is 11.8. The van der Waals surface area contributed by atoms with Crippen LogP contribution in [0.25, 0.3) is 0 Å². The molecule has 0 radical (unpaired) electrons. The van der Waals surface area contributed by atoms with Crippen molar-refractivity contribution in [2.24, 2.45) is 11.8 Å². The molecule has 0 saturated carbocycles. The lowest BCUT2D eigenvalue weighted by Crippen LogP contribution is -2.26. The Morgan fingerprint density at radius 3 is 1.87 bits per heavy atom. The van der Waals surface area contributed by atoms with E-state index >= 15 is 0 Å². The van der Waals surface area contributed by atoms with Gasteiger partial charge in [-0.15, -0.1) is 0 Å². The second kappa shape index (κ2) is 7.83. The first-order valence-electron chi connectivity index (χ1n) is 5.79. The van der Waals surface area contributed by atoms with Gasteiger partial charge < -0.3 is 9.47 Å². The van der Waals surface area contributed by atoms with Gasteiger partial charge >= 0.3 is 0 Å². The molecule has 1 atom stereocenters. The lowest BCUT2D eigenvalue weighted by Gasteiger charge is -2.21. The van der Waals surface area contributed by atoms with Crippen LogP contribution in [0.15, 0.2) is 0 Å². The van der Waals surface area contributed by atoms with Crippen molar-refractivity contribution in [3.05, 3.63) is 0 Å². The van der Waals surface area contributed by atoms with Gasteiger partial charge in [-0.25, -0.2) is 0 Å². The molecular weight excluding hydrogens is 192 g/mol. The van der Waals surface area contributed by atoms with Crippen molar-refractivity contribution in [2.75, 3.05) is 13.2 Å². The van der Waals surface area contributed by atoms with E-state index < -0.39 is 0 Å². The molecule has 0 aliphatic carbocycles. The van der Waals surface area contributed by atoms with Crippen LogP contribution < -0.4 is 0 Å². The van der Waals surface area contributed by atoms with Gasteiger partial charge in [-0.2, -0.15) is 0 Å². The summed E-state index contributed by atoms with van der Waals surface area (Å²) in [5.74, 6) is 0.372. The summed E-state index contributed by atoms with van der Waals surface area (Å²) in [5, 5.41) is 0. The van der Waals surface area contributed by atoms with E-state index in [0.29, 0.717) is 19.6 Å². The van der Waals surface area contributed by atoms with Crippen LogP contribution in [0.1, 0.15) is 41.0 Å². The molecule has 90 valence electrons. The summed E-state index contributed by atoms with van der Waals surface area (Å²) < 4.78 is 10.8. The van der Waals surface area contributed by atoms with Crippen LogP contribution in [-0.2, 0) is 14.3 Å². The van der Waals surface area contributed by atoms with E-state index in [0.717, 1.165) is 0 Å². The van der Waals surface area contributed by atoms with Gasteiger partial charge in [0.15, 0.2) is 6.29 Å². The standard InChI is InChI=1S/C12H24O3/c1-6-14-11(15-7-2)8-10(5)12(13)9(3)4/h9-11H,6-8H2,1-5H3. The van der Waals surface area contributed by atoms with E-state index in [1.807, 2.05) is 34.6 Å². The van der Waals surface area contributed by atoms with Gasteiger partial charge in [0.25, 0.3) is 0 Å². The number of carbonyl (C=O) groups excluding carboxylic acids is 1. The summed E-state index contributed by atoms with van der Waals surface area (Å²) in [6, 6.07) is 0. The molecule has 0 rings (SSSR count). The molecule has 0 bridgehead atoms. The second-order valence-electron chi connectivity index (χ2n) is 4.03. The highest BCUT2D eigenvalue weighted by Crippen LogP contribution is 2.15. The number of Topliss-reactive ketones (excluding diaryl/α,β-unsaturated/α-hetero) is 1. The third kappa shape index (κ3) is 5.90. The van der Waals surface area contributed by atoms with Crippen molar-refractivity contribution >= 4 is 5.78 Å². The molecule has 0 N–H and O–H groups in total. The lowest BCUT2D eigenvalue weighted by molar-refractivity contribution is -0.152. The van der Waals surface area contributed by atoms with Gasteiger partial charge in [0.2, 0.25) is 0 Å². The van der Waals surface area contributed by atoms with Crippen LogP contribution in [0, 0.1) is 11.8 Å². The maximum atomic E-state index is 11.7. The normalized spacial score (nSPS) is 13.5. The molecule has 0 aromatic carbocycles. The van der Waals surface area contributed by atoms with Gasteiger partial charge in [-0.05, 0) is 13.8 Å². The zero-order valence-electron chi connectivity index (χ0n) is 10.6. The maximum Gasteiger partial charge on any atom is 0.158 e. The lowest BCUT2D eigenvalue weighted by atomic mass is 9.94. The molecule has 3 nitrogen and oxygen atoms in total. The Hall–Kier alpha value is -0.410. The molecule has 0 saturated heterocycles. The molecule has 0 spiro atoms. The Labute approximate surface area is 93.1 Å². The molecule has 0 amide bonds. The Balaban J connectivity index is 4.08. The first-order chi connectivity index (χ1) is 7.02. The Morgan fingerprint density at radius 1 is 1.07 bits per heavy atom. The molecule has 15 heavy (non-hydrogen) atoms. The number of carbonyl (C=O) groups is 1. The van der Waals surface area contributed by atoms with Crippen LogP contribution in [0.5, 0.6) is 0 Å². The minimum absolute atomic E-state index is 0.00750. The van der Waals surface area contributed by atoms with Crippen molar-refractivity contribution in [3.63, 3.8) is 0 Å². The van der Waals surface area contributed by atoms with Crippen LogP contribution in [-0.4, -0.2) is 25.3 Å². The van der Waals surface area contributed by atoms with Crippen LogP contribution in [0.3, 0.4) is 0 Å². The average molecular weight is 216 g/mol. The fourth-order valence-corrected chi connectivity index (χ4v) is 1.53. The third-order valence-corrected chi connectivity index (χ3v) is 2.31. The summed E-state index contributed by atoms with van der Waals surface area (Å²) in [6.07, 6.45) is 0.413. The van der Waals surface area contributed by atoms with Crippen molar-refractivity contribution in [1.82, 2.24) is 0 Å². The summed E-state index contributed by atoms with van der Waals surface area (Å²) in [6.45, 7) is 10.9. The number of ether oxygens (including phenoxy) is 2. The highest BCUT2D eigenvalue weighted by molar-refractivity contribution is 5.82. The fourth-order valence-electron chi connectivity index (χ4n) is 1.53. The minimum atomic E-state index is -0.238. The third-order valence-electron chi connectivity index (χ3n) is 2.31. The summed E-state index contributed by atoms with van der Waals surface area (Å²) in [4.78, 5) is 11.7. The second-order valence-corrected chi connectivity index (χ2v) is 4.03. The highest BCUT2D eigenvalue weighted by Gasteiger charge is 2.21. The van der Waals surface area contributed by atoms with Crippen molar-refractivity contribution in [3.8, 4) is 0 Å². The van der Waals surface area contributed by atoms with E-state index in [-0.39, 0.29) is 23.9 Å². The van der Waals surface area contributed by atoms with Crippen LogP contribution in [0.2, 0.25) is 0 Å². The highest BCUT2D eigenvalue weighted by atomic mass is 16.7. The summed E-state index contributed by atoms with van der Waals surface area (Å²) in [7, 11) is 0. The van der Waals surface area contributed by atoms with E-state index in [4.69, 9.17) is 9.47 Å². The first kappa shape index (κ1) is 14.6. The molecule has 0 aromatic rings. The molecule has 0 fully saturated rings. The van der Waals surface area contributed by atoms with E-state index in [9.17, 15) is 4.79 Å². The predicted octanol–water partition coefficient (Wildman–Crippen LogP) is 2.64. The quantitative estimate of drug-likeness (QED) is 0.585. The predicted molar refractivity (Wildman–Crippen MR) is 60.7 cm³/mol. The van der Waals surface area contributed by atoms with E-state index in [2.05, 4.69) is 0 Å². The van der Waals surface area contributed by atoms with E-state index in [1.54, 1.807) is 0 Å². The SMILES string of the molecule is CCOC(CC(C)C(=O)C(C)C)OCC. The molecule has 0 heterocycles. The number of hydrogen-bond acceptors (Lipinski definition) is 3. The van der Waals surface area contributed by atoms with Gasteiger partial charge in [0.05, 0.1) is 0 Å². The number of hydrogen-bond donors (Lipinski definition) is 0. The van der Waals surface area contributed by atoms with Gasteiger partial charge in [-0.1, -0.05) is 20.8 Å². The summed E-state index contributed by atoms with van der Waals surface area (Å²) in [5.41, 5.74) is 0. The molecule has 0 aromatic heterocycles. The molecule has 0 aliphatic heterocycles. The first-order valence-corrected chi connectivity index (χ1v) is 5.79. The molecule has 1 unspecified atom stereocenters. The Kier molecular flexibility index (Phi) is 7.61. The van der Waals surface area contributed by atoms with Crippen LogP contribution in [0.4, 0.5) is 0 Å². The monoisotopic (exact) mass is 216 g/mol. The maximum absolute atomic E-state index is 11.7. The number of rotatable bonds is 8. The molecular formula is C12H24O3. The Morgan fingerprint density at radius 2 is 1.53 bits per heavy atom. The fraction of sp³-hybridized carbons (Fsp3) is 0.917. The van der Waals surface area contributed by atoms with Crippen LogP contribution >= 0.6 is 0 Å².